The van der Waals surface area contributed by atoms with Gasteiger partial charge in [-0.2, -0.15) is 0 Å². The van der Waals surface area contributed by atoms with E-state index in [1.165, 1.54) is 18.7 Å². The second-order valence-electron chi connectivity index (χ2n) is 6.46. The molecule has 3 rings (SSSR count). The largest absolute Gasteiger partial charge is 0.469 e. The first kappa shape index (κ1) is 19.9. The minimum Gasteiger partial charge on any atom is -0.469 e. The van der Waals surface area contributed by atoms with Gasteiger partial charge in [-0.15, -0.1) is 10.2 Å². The average molecular weight is 398 g/mol. The SMILES string of the molecule is CC(=O)C(Cc1ccccc1)NC(=O)CSc1nnc(-c2ccoc2C)n1C. The minimum absolute atomic E-state index is 0.0708. The first-order chi connectivity index (χ1) is 13.5. The molecule has 1 N–H and O–H groups in total. The number of hydrogen-bond acceptors (Lipinski definition) is 6. The standard InChI is InChI=1S/C20H22N4O3S/c1-13(25)17(11-15-7-5-4-6-8-15)21-18(26)12-28-20-23-22-19(24(20)3)16-9-10-27-14(16)2/h4-10,17H,11-12H2,1-3H3,(H,21,26). The first-order valence-corrected chi connectivity index (χ1v) is 9.84. The Hall–Kier alpha value is -2.87. The van der Waals surface area contributed by atoms with Crippen molar-refractivity contribution in [2.45, 2.75) is 31.5 Å². The van der Waals surface area contributed by atoms with Crippen LogP contribution in [0.25, 0.3) is 11.4 Å². The van der Waals surface area contributed by atoms with Crippen LogP contribution < -0.4 is 5.32 Å². The number of nitrogens with one attached hydrogen (secondary N) is 1. The lowest BCUT2D eigenvalue weighted by molar-refractivity contribution is -0.125. The van der Waals surface area contributed by atoms with E-state index >= 15 is 0 Å². The molecule has 0 aliphatic rings. The molecule has 7 nitrogen and oxygen atoms in total. The summed E-state index contributed by atoms with van der Waals surface area (Å²) >= 11 is 1.27. The number of benzene rings is 1. The van der Waals surface area contributed by atoms with Gasteiger partial charge >= 0.3 is 0 Å². The van der Waals surface area contributed by atoms with Gasteiger partial charge in [-0.3, -0.25) is 9.59 Å². The maximum atomic E-state index is 12.4. The van der Waals surface area contributed by atoms with Gasteiger partial charge in [0.25, 0.3) is 0 Å². The number of amides is 1. The Balaban J connectivity index is 1.60. The molecule has 2 aromatic heterocycles. The number of carbonyl (C=O) groups excluding carboxylic acids is 2. The molecule has 1 atom stereocenters. The highest BCUT2D eigenvalue weighted by Gasteiger charge is 2.19. The van der Waals surface area contributed by atoms with Gasteiger partial charge in [-0.25, -0.2) is 0 Å². The zero-order valence-electron chi connectivity index (χ0n) is 16.0. The third-order valence-electron chi connectivity index (χ3n) is 4.38. The summed E-state index contributed by atoms with van der Waals surface area (Å²) in [6, 6.07) is 10.9. The van der Waals surface area contributed by atoms with E-state index in [2.05, 4.69) is 15.5 Å². The van der Waals surface area contributed by atoms with Gasteiger partial charge in [0.15, 0.2) is 16.8 Å². The van der Waals surface area contributed by atoms with Crippen molar-refractivity contribution in [2.75, 3.05) is 5.75 Å². The van der Waals surface area contributed by atoms with Crippen LogP contribution in [0.2, 0.25) is 0 Å². The molecule has 0 bridgehead atoms. The van der Waals surface area contributed by atoms with E-state index in [-0.39, 0.29) is 17.4 Å². The van der Waals surface area contributed by atoms with Gasteiger partial charge in [-0.1, -0.05) is 42.1 Å². The molecule has 0 saturated heterocycles. The molecule has 8 heteroatoms. The molecule has 0 aliphatic heterocycles. The molecule has 0 radical (unpaired) electrons. The van der Waals surface area contributed by atoms with Crippen LogP contribution in [-0.2, 0) is 23.1 Å². The number of nitrogens with zero attached hydrogens (tertiary/aromatic N) is 3. The summed E-state index contributed by atoms with van der Waals surface area (Å²) in [6.45, 7) is 3.35. The van der Waals surface area contributed by atoms with Crippen molar-refractivity contribution in [3.05, 3.63) is 54.0 Å². The molecule has 1 amide bonds. The monoisotopic (exact) mass is 398 g/mol. The number of rotatable bonds is 8. The first-order valence-electron chi connectivity index (χ1n) is 8.86. The quantitative estimate of drug-likeness (QED) is 0.587. The zero-order valence-corrected chi connectivity index (χ0v) is 16.8. The maximum Gasteiger partial charge on any atom is 0.231 e. The molecular formula is C20H22N4O3S. The van der Waals surface area contributed by atoms with Crippen LogP contribution in [0.4, 0.5) is 0 Å². The number of hydrogen-bond donors (Lipinski definition) is 1. The van der Waals surface area contributed by atoms with E-state index in [1.807, 2.05) is 54.9 Å². The summed E-state index contributed by atoms with van der Waals surface area (Å²) in [7, 11) is 1.84. The number of Topliss-reactive ketones (excluding diaryl/α,β-unsaturated/α-hetero) is 1. The van der Waals surface area contributed by atoms with Gasteiger partial charge in [0, 0.05) is 7.05 Å². The van der Waals surface area contributed by atoms with E-state index in [0.717, 1.165) is 16.9 Å². The predicted octanol–water partition coefficient (Wildman–Crippen LogP) is 2.79. The fourth-order valence-electron chi connectivity index (χ4n) is 2.80. The molecule has 1 unspecified atom stereocenters. The van der Waals surface area contributed by atoms with Crippen molar-refractivity contribution in [1.82, 2.24) is 20.1 Å². The van der Waals surface area contributed by atoms with Gasteiger partial charge in [0.05, 0.1) is 23.6 Å². The zero-order chi connectivity index (χ0) is 20.1. The molecular weight excluding hydrogens is 376 g/mol. The number of ketones is 1. The molecule has 2 heterocycles. The summed E-state index contributed by atoms with van der Waals surface area (Å²) in [5.41, 5.74) is 1.87. The molecule has 1 aromatic carbocycles. The number of furan rings is 1. The second kappa shape index (κ2) is 8.88. The fraction of sp³-hybridized carbons (Fsp3) is 0.300. The van der Waals surface area contributed by atoms with E-state index in [4.69, 9.17) is 4.42 Å². The third kappa shape index (κ3) is 4.69. The third-order valence-corrected chi connectivity index (χ3v) is 5.40. The topological polar surface area (TPSA) is 90.0 Å². The Morgan fingerprint density at radius 2 is 1.96 bits per heavy atom. The van der Waals surface area contributed by atoms with Crippen molar-refractivity contribution in [3.63, 3.8) is 0 Å². The van der Waals surface area contributed by atoms with E-state index in [1.54, 1.807) is 6.26 Å². The lowest BCUT2D eigenvalue weighted by Gasteiger charge is -2.16. The Labute approximate surface area is 167 Å². The van der Waals surface area contributed by atoms with Crippen molar-refractivity contribution in [1.29, 1.82) is 0 Å². The summed E-state index contributed by atoms with van der Waals surface area (Å²) in [6.07, 6.45) is 2.08. The van der Waals surface area contributed by atoms with Crippen LogP contribution >= 0.6 is 11.8 Å². The lowest BCUT2D eigenvalue weighted by Crippen LogP contribution is -2.42. The number of carbonyl (C=O) groups is 2. The highest BCUT2D eigenvalue weighted by atomic mass is 32.2. The molecule has 0 saturated carbocycles. The van der Waals surface area contributed by atoms with Crippen LogP contribution in [0, 0.1) is 6.92 Å². The van der Waals surface area contributed by atoms with Crippen molar-refractivity contribution in [2.24, 2.45) is 7.05 Å². The van der Waals surface area contributed by atoms with Gasteiger partial charge in [0.1, 0.15) is 5.76 Å². The fourth-order valence-corrected chi connectivity index (χ4v) is 3.53. The summed E-state index contributed by atoms with van der Waals surface area (Å²) in [5.74, 6) is 1.30. The van der Waals surface area contributed by atoms with Crippen LogP contribution in [0.1, 0.15) is 18.2 Å². The van der Waals surface area contributed by atoms with Gasteiger partial charge < -0.3 is 14.3 Å². The molecule has 0 spiro atoms. The summed E-state index contributed by atoms with van der Waals surface area (Å²) in [5, 5.41) is 11.8. The molecule has 28 heavy (non-hydrogen) atoms. The van der Waals surface area contributed by atoms with Gasteiger partial charge in [-0.05, 0) is 31.9 Å². The second-order valence-corrected chi connectivity index (χ2v) is 7.41. The maximum absolute atomic E-state index is 12.4. The van der Waals surface area contributed by atoms with Crippen LogP contribution in [0.5, 0.6) is 0 Å². The van der Waals surface area contributed by atoms with Crippen LogP contribution in [0.15, 0.2) is 52.2 Å². The predicted molar refractivity (Wildman–Crippen MR) is 107 cm³/mol. The van der Waals surface area contributed by atoms with E-state index < -0.39 is 6.04 Å². The smallest absolute Gasteiger partial charge is 0.231 e. The van der Waals surface area contributed by atoms with E-state index in [9.17, 15) is 9.59 Å². The molecule has 3 aromatic rings. The minimum atomic E-state index is -0.542. The highest BCUT2D eigenvalue weighted by Crippen LogP contribution is 2.25. The number of thioether (sulfide) groups is 1. The Kier molecular flexibility index (Phi) is 6.30. The van der Waals surface area contributed by atoms with Crippen LogP contribution in [-0.4, -0.2) is 38.2 Å². The summed E-state index contributed by atoms with van der Waals surface area (Å²) in [4.78, 5) is 24.3. The van der Waals surface area contributed by atoms with Crippen molar-refractivity contribution in [3.8, 4) is 11.4 Å². The van der Waals surface area contributed by atoms with Crippen LogP contribution in [0.3, 0.4) is 0 Å². The Morgan fingerprint density at radius 3 is 2.61 bits per heavy atom. The van der Waals surface area contributed by atoms with Crippen molar-refractivity contribution >= 4 is 23.5 Å². The Bertz CT molecular complexity index is 965. The highest BCUT2D eigenvalue weighted by molar-refractivity contribution is 7.99. The van der Waals surface area contributed by atoms with E-state index in [0.29, 0.717) is 17.4 Å². The van der Waals surface area contributed by atoms with Crippen molar-refractivity contribution < 1.29 is 14.0 Å². The molecule has 146 valence electrons. The molecule has 0 fully saturated rings. The average Bonchev–Trinajstić information content (AvgIpc) is 3.25. The molecule has 0 aliphatic carbocycles. The lowest BCUT2D eigenvalue weighted by atomic mass is 10.0. The number of aromatic nitrogens is 3. The Morgan fingerprint density at radius 1 is 1.21 bits per heavy atom. The van der Waals surface area contributed by atoms with Gasteiger partial charge in [0.2, 0.25) is 5.91 Å². The summed E-state index contributed by atoms with van der Waals surface area (Å²) < 4.78 is 7.13. The number of aryl methyl sites for hydroxylation is 1. The normalized spacial score (nSPS) is 12.0.